The number of rotatable bonds is 3. The molecule has 1 aliphatic rings. The average Bonchev–Trinajstić information content (AvgIpc) is 3.09. The van der Waals surface area contributed by atoms with Gasteiger partial charge in [-0.05, 0) is 42.5 Å². The van der Waals surface area contributed by atoms with Crippen LogP contribution in [0.3, 0.4) is 0 Å². The molecule has 0 spiro atoms. The maximum atomic E-state index is 12.8. The second kappa shape index (κ2) is 7.50. The van der Waals surface area contributed by atoms with Crippen molar-refractivity contribution in [3.05, 3.63) is 88.3 Å². The summed E-state index contributed by atoms with van der Waals surface area (Å²) in [5, 5.41) is 14.0. The molecule has 0 radical (unpaired) electrons. The lowest BCUT2D eigenvalue weighted by Crippen LogP contribution is -2.24. The Morgan fingerprint density at radius 3 is 2.70 bits per heavy atom. The summed E-state index contributed by atoms with van der Waals surface area (Å²) in [4.78, 5) is 12.8. The van der Waals surface area contributed by atoms with Crippen LogP contribution in [0.25, 0.3) is 22.9 Å². The predicted molar refractivity (Wildman–Crippen MR) is 118 cm³/mol. The Bertz CT molecular complexity index is 1290. The number of nitrogens with zero attached hydrogens (tertiary/aromatic N) is 4. The highest BCUT2D eigenvalue weighted by Crippen LogP contribution is 2.32. The fraction of sp³-hybridized carbons (Fsp3) is 0.167. The van der Waals surface area contributed by atoms with Gasteiger partial charge in [-0.25, -0.2) is 4.52 Å². The molecule has 2 aromatic carbocycles. The molecule has 5 rings (SSSR count). The molecular formula is C24H19ClN4O. The maximum absolute atomic E-state index is 12.8. The van der Waals surface area contributed by atoms with Crippen LogP contribution in [0.1, 0.15) is 33.9 Å². The van der Waals surface area contributed by atoms with Gasteiger partial charge < -0.3 is 0 Å². The minimum atomic E-state index is 0.00539. The van der Waals surface area contributed by atoms with E-state index in [4.69, 9.17) is 16.7 Å². The van der Waals surface area contributed by atoms with Crippen molar-refractivity contribution >= 4 is 29.1 Å². The standard InChI is InChI=1S/C24H19ClN4O/c1-15-22(18-8-5-9-19(25)14-18)24-27-26-23-20(29(24)28-15)12-17(13-21(23)30)11-10-16-6-3-2-4-7-16/h2-11,14,17H,12-13H2,1H3/b11-10+. The van der Waals surface area contributed by atoms with Crippen molar-refractivity contribution in [1.82, 2.24) is 19.8 Å². The smallest absolute Gasteiger partial charge is 0.185 e. The van der Waals surface area contributed by atoms with E-state index in [9.17, 15) is 4.79 Å². The zero-order chi connectivity index (χ0) is 20.7. The van der Waals surface area contributed by atoms with Gasteiger partial charge in [0.1, 0.15) is 0 Å². The topological polar surface area (TPSA) is 60.1 Å². The summed E-state index contributed by atoms with van der Waals surface area (Å²) in [6.45, 7) is 1.94. The Balaban J connectivity index is 1.57. The molecule has 0 N–H and O–H groups in total. The van der Waals surface area contributed by atoms with Crippen molar-refractivity contribution in [1.29, 1.82) is 0 Å². The molecule has 0 bridgehead atoms. The van der Waals surface area contributed by atoms with E-state index in [0.717, 1.165) is 28.1 Å². The summed E-state index contributed by atoms with van der Waals surface area (Å²) in [7, 11) is 0. The normalized spacial score (nSPS) is 16.3. The molecule has 2 heterocycles. The highest BCUT2D eigenvalue weighted by Gasteiger charge is 2.29. The maximum Gasteiger partial charge on any atom is 0.185 e. The molecule has 0 amide bonds. The molecule has 30 heavy (non-hydrogen) atoms. The van der Waals surface area contributed by atoms with E-state index in [2.05, 4.69) is 22.3 Å². The summed E-state index contributed by atoms with van der Waals surface area (Å²) < 4.78 is 1.79. The minimum Gasteiger partial charge on any atom is -0.292 e. The molecule has 0 saturated carbocycles. The third kappa shape index (κ3) is 3.31. The van der Waals surface area contributed by atoms with Gasteiger partial charge in [0.05, 0.1) is 17.0 Å². The molecule has 0 saturated heterocycles. The van der Waals surface area contributed by atoms with Crippen molar-refractivity contribution in [2.45, 2.75) is 19.8 Å². The fourth-order valence-corrected chi connectivity index (χ4v) is 4.23. The average molecular weight is 415 g/mol. The molecule has 0 fully saturated rings. The molecule has 5 nitrogen and oxygen atoms in total. The lowest BCUT2D eigenvalue weighted by molar-refractivity contribution is 0.0950. The lowest BCUT2D eigenvalue weighted by Gasteiger charge is -2.20. The first-order valence-electron chi connectivity index (χ1n) is 9.87. The quantitative estimate of drug-likeness (QED) is 0.461. The molecular weight excluding hydrogens is 396 g/mol. The molecule has 1 unspecified atom stereocenters. The van der Waals surface area contributed by atoms with Crippen LogP contribution in [-0.4, -0.2) is 25.6 Å². The fourth-order valence-electron chi connectivity index (χ4n) is 4.04. The monoisotopic (exact) mass is 414 g/mol. The van der Waals surface area contributed by atoms with Gasteiger partial charge in [-0.1, -0.05) is 66.2 Å². The Labute approximate surface area is 179 Å². The summed E-state index contributed by atoms with van der Waals surface area (Å²) >= 11 is 6.19. The summed E-state index contributed by atoms with van der Waals surface area (Å²) in [6, 6.07) is 17.7. The molecule has 4 aromatic rings. The number of halogens is 1. The van der Waals surface area contributed by atoms with E-state index < -0.39 is 0 Å². The molecule has 0 aliphatic heterocycles. The first-order chi connectivity index (χ1) is 14.6. The van der Waals surface area contributed by atoms with Gasteiger partial charge in [0.2, 0.25) is 0 Å². The molecule has 148 valence electrons. The Morgan fingerprint density at radius 2 is 1.90 bits per heavy atom. The number of aryl methyl sites for hydroxylation is 1. The van der Waals surface area contributed by atoms with E-state index in [1.54, 1.807) is 4.52 Å². The second-order valence-corrected chi connectivity index (χ2v) is 8.00. The third-order valence-corrected chi connectivity index (χ3v) is 5.69. The van der Waals surface area contributed by atoms with E-state index >= 15 is 0 Å². The number of hydrogen-bond donors (Lipinski definition) is 0. The van der Waals surface area contributed by atoms with Crippen molar-refractivity contribution in [3.63, 3.8) is 0 Å². The number of allylic oxidation sites excluding steroid dienone is 1. The van der Waals surface area contributed by atoms with Crippen LogP contribution in [0.5, 0.6) is 0 Å². The number of carbonyl (C=O) groups excluding carboxylic acids is 1. The van der Waals surface area contributed by atoms with Crippen LogP contribution in [0.15, 0.2) is 60.7 Å². The van der Waals surface area contributed by atoms with Crippen molar-refractivity contribution in [3.8, 4) is 11.1 Å². The molecule has 1 aliphatic carbocycles. The molecule has 1 atom stereocenters. The minimum absolute atomic E-state index is 0.00539. The first-order valence-corrected chi connectivity index (χ1v) is 10.3. The highest BCUT2D eigenvalue weighted by molar-refractivity contribution is 6.30. The van der Waals surface area contributed by atoms with Gasteiger partial charge in [-0.15, -0.1) is 10.2 Å². The van der Waals surface area contributed by atoms with E-state index in [0.29, 0.717) is 29.2 Å². The van der Waals surface area contributed by atoms with E-state index in [-0.39, 0.29) is 11.7 Å². The van der Waals surface area contributed by atoms with Gasteiger partial charge >= 0.3 is 0 Å². The zero-order valence-electron chi connectivity index (χ0n) is 16.4. The molecule has 2 aromatic heterocycles. The Hall–Kier alpha value is -3.31. The van der Waals surface area contributed by atoms with Crippen molar-refractivity contribution < 1.29 is 4.79 Å². The number of carbonyl (C=O) groups is 1. The van der Waals surface area contributed by atoms with Gasteiger partial charge in [0, 0.05) is 11.4 Å². The van der Waals surface area contributed by atoms with Gasteiger partial charge in [-0.2, -0.15) is 5.10 Å². The number of aromatic nitrogens is 4. The van der Waals surface area contributed by atoms with Crippen LogP contribution in [0.4, 0.5) is 0 Å². The SMILES string of the molecule is Cc1nn2c3c(nnc2c1-c1cccc(Cl)c1)C(=O)CC(/C=C/c1ccccc1)C3. The number of fused-ring (bicyclic) bond motifs is 3. The summed E-state index contributed by atoms with van der Waals surface area (Å²) in [5.41, 5.74) is 5.66. The summed E-state index contributed by atoms with van der Waals surface area (Å²) in [6.07, 6.45) is 5.29. The van der Waals surface area contributed by atoms with Crippen molar-refractivity contribution in [2.24, 2.45) is 5.92 Å². The molecule has 6 heteroatoms. The van der Waals surface area contributed by atoms with Gasteiger partial charge in [-0.3, -0.25) is 4.79 Å². The van der Waals surface area contributed by atoms with E-state index in [1.807, 2.05) is 61.5 Å². The third-order valence-electron chi connectivity index (χ3n) is 5.45. The Kier molecular flexibility index (Phi) is 4.68. The van der Waals surface area contributed by atoms with Crippen LogP contribution >= 0.6 is 11.6 Å². The Morgan fingerprint density at radius 1 is 1.07 bits per heavy atom. The van der Waals surface area contributed by atoms with E-state index in [1.165, 1.54) is 0 Å². The highest BCUT2D eigenvalue weighted by atomic mass is 35.5. The largest absolute Gasteiger partial charge is 0.292 e. The predicted octanol–water partition coefficient (Wildman–Crippen LogP) is 5.21. The second-order valence-electron chi connectivity index (χ2n) is 7.56. The number of ketones is 1. The number of Topliss-reactive ketones (excluding diaryl/α,β-unsaturated/α-hetero) is 1. The first kappa shape index (κ1) is 18.7. The van der Waals surface area contributed by atoms with Crippen molar-refractivity contribution in [2.75, 3.05) is 0 Å². The zero-order valence-corrected chi connectivity index (χ0v) is 17.2. The van der Waals surface area contributed by atoms with Crippen LogP contribution in [0.2, 0.25) is 5.02 Å². The summed E-state index contributed by atoms with van der Waals surface area (Å²) in [5.74, 6) is 0.0996. The van der Waals surface area contributed by atoms with Crippen LogP contribution in [0, 0.1) is 12.8 Å². The van der Waals surface area contributed by atoms with Gasteiger partial charge in [0.25, 0.3) is 0 Å². The number of hydrogen-bond acceptors (Lipinski definition) is 4. The lowest BCUT2D eigenvalue weighted by atomic mass is 9.88. The van der Waals surface area contributed by atoms with Crippen LogP contribution in [-0.2, 0) is 6.42 Å². The van der Waals surface area contributed by atoms with Gasteiger partial charge in [0.15, 0.2) is 17.1 Å². The number of benzene rings is 2. The van der Waals surface area contributed by atoms with Crippen LogP contribution < -0.4 is 0 Å².